The fraction of sp³-hybridized carbons (Fsp3) is 0.533. The monoisotopic (exact) mass is 293 g/mol. The lowest BCUT2D eigenvalue weighted by Crippen LogP contribution is -2.29. The molecule has 1 heterocycles. The first-order chi connectivity index (χ1) is 9.41. The normalized spacial score (nSPS) is 21.8. The van der Waals surface area contributed by atoms with Gasteiger partial charge in [0.2, 0.25) is 0 Å². The van der Waals surface area contributed by atoms with Crippen LogP contribution in [0.1, 0.15) is 30.1 Å². The van der Waals surface area contributed by atoms with Gasteiger partial charge in [0.05, 0.1) is 5.56 Å². The van der Waals surface area contributed by atoms with Crippen LogP contribution in [0.3, 0.4) is 0 Å². The van der Waals surface area contributed by atoms with Crippen LogP contribution >= 0.6 is 11.8 Å². The molecule has 20 heavy (non-hydrogen) atoms. The third-order valence-corrected chi connectivity index (χ3v) is 5.17. The molecule has 1 aliphatic rings. The Hall–Kier alpha value is -1.36. The molecule has 0 aromatic heterocycles. The minimum absolute atomic E-state index is 0.00303. The number of amides is 1. The fourth-order valence-electron chi connectivity index (χ4n) is 2.39. The second-order valence-corrected chi connectivity index (χ2v) is 7.44. The topological polar surface area (TPSA) is 58.4 Å². The molecule has 0 aliphatic carbocycles. The predicted molar refractivity (Wildman–Crippen MR) is 87.5 cm³/mol. The van der Waals surface area contributed by atoms with Gasteiger partial charge in [0.1, 0.15) is 0 Å². The maximum atomic E-state index is 12.2. The first-order valence-corrected chi connectivity index (χ1v) is 7.89. The lowest BCUT2D eigenvalue weighted by Gasteiger charge is -2.25. The number of nitrogens with zero attached hydrogens (tertiary/aromatic N) is 1. The van der Waals surface area contributed by atoms with Gasteiger partial charge in [-0.1, -0.05) is 0 Å². The minimum Gasteiger partial charge on any atom is -0.399 e. The van der Waals surface area contributed by atoms with E-state index in [2.05, 4.69) is 12.2 Å². The predicted octanol–water partition coefficient (Wildman–Crippen LogP) is 2.67. The van der Waals surface area contributed by atoms with Crippen molar-refractivity contribution in [1.29, 1.82) is 0 Å². The van der Waals surface area contributed by atoms with Gasteiger partial charge in [0.25, 0.3) is 5.91 Å². The molecule has 3 N–H and O–H groups in total. The van der Waals surface area contributed by atoms with Gasteiger partial charge < -0.3 is 16.0 Å². The Bertz CT molecular complexity index is 496. The van der Waals surface area contributed by atoms with Crippen LogP contribution < -0.4 is 11.1 Å². The SMILES string of the molecule is CN(C)C(=O)c1ccc(N)cc1NCC1(C)CCCS1. The maximum Gasteiger partial charge on any atom is 0.255 e. The third kappa shape index (κ3) is 3.39. The van der Waals surface area contributed by atoms with Crippen molar-refractivity contribution in [1.82, 2.24) is 4.90 Å². The summed E-state index contributed by atoms with van der Waals surface area (Å²) < 4.78 is 0.253. The summed E-state index contributed by atoms with van der Waals surface area (Å²) in [6, 6.07) is 5.41. The molecule has 0 bridgehead atoms. The zero-order valence-corrected chi connectivity index (χ0v) is 13.2. The minimum atomic E-state index is -0.00303. The smallest absolute Gasteiger partial charge is 0.255 e. The second-order valence-electron chi connectivity index (χ2n) is 5.76. The Morgan fingerprint density at radius 1 is 1.50 bits per heavy atom. The molecule has 1 aliphatic heterocycles. The zero-order valence-electron chi connectivity index (χ0n) is 12.4. The number of hydrogen-bond acceptors (Lipinski definition) is 4. The van der Waals surface area contributed by atoms with E-state index in [1.165, 1.54) is 18.6 Å². The van der Waals surface area contributed by atoms with Crippen LogP contribution in [0.2, 0.25) is 0 Å². The summed E-state index contributed by atoms with van der Waals surface area (Å²) in [5.41, 5.74) is 8.03. The van der Waals surface area contributed by atoms with E-state index in [0.29, 0.717) is 11.3 Å². The van der Waals surface area contributed by atoms with Crippen molar-refractivity contribution in [2.75, 3.05) is 37.4 Å². The van der Waals surface area contributed by atoms with Gasteiger partial charge in [-0.05, 0) is 43.7 Å². The fourth-order valence-corrected chi connectivity index (χ4v) is 3.64. The van der Waals surface area contributed by atoms with Gasteiger partial charge in [-0.3, -0.25) is 4.79 Å². The number of hydrogen-bond donors (Lipinski definition) is 2. The van der Waals surface area contributed by atoms with Gasteiger partial charge in [-0.2, -0.15) is 11.8 Å². The summed E-state index contributed by atoms with van der Waals surface area (Å²) in [6.45, 7) is 3.13. The molecule has 1 aromatic rings. The number of nitrogen functional groups attached to an aromatic ring is 1. The molecular formula is C15H23N3OS. The van der Waals surface area contributed by atoms with Gasteiger partial charge >= 0.3 is 0 Å². The molecule has 0 saturated carbocycles. The number of anilines is 2. The highest BCUT2D eigenvalue weighted by molar-refractivity contribution is 8.00. The first kappa shape index (κ1) is 15.0. The number of carbonyl (C=O) groups excluding carboxylic acids is 1. The van der Waals surface area contributed by atoms with Crippen molar-refractivity contribution < 1.29 is 4.79 Å². The van der Waals surface area contributed by atoms with Gasteiger partial charge in [-0.15, -0.1) is 0 Å². The largest absolute Gasteiger partial charge is 0.399 e. The Morgan fingerprint density at radius 2 is 2.25 bits per heavy atom. The molecule has 2 rings (SSSR count). The number of nitrogens with one attached hydrogen (secondary N) is 1. The molecule has 4 nitrogen and oxygen atoms in total. The summed E-state index contributed by atoms with van der Waals surface area (Å²) in [7, 11) is 3.52. The average Bonchev–Trinajstić information content (AvgIpc) is 2.83. The molecule has 1 aromatic carbocycles. The molecule has 0 spiro atoms. The molecule has 110 valence electrons. The first-order valence-electron chi connectivity index (χ1n) is 6.90. The van der Waals surface area contributed by atoms with E-state index < -0.39 is 0 Å². The van der Waals surface area contributed by atoms with Crippen LogP contribution in [-0.2, 0) is 0 Å². The maximum absolute atomic E-state index is 12.2. The van der Waals surface area contributed by atoms with Gasteiger partial charge in [-0.25, -0.2) is 0 Å². The number of nitrogens with two attached hydrogens (primary N) is 1. The van der Waals surface area contributed by atoms with Gasteiger partial charge in [0, 0.05) is 36.8 Å². The molecule has 1 amide bonds. The van der Waals surface area contributed by atoms with Crippen molar-refractivity contribution in [2.45, 2.75) is 24.5 Å². The Labute approximate surface area is 125 Å². The van der Waals surface area contributed by atoms with Crippen LogP contribution in [0.25, 0.3) is 0 Å². The summed E-state index contributed by atoms with van der Waals surface area (Å²) in [4.78, 5) is 13.8. The third-order valence-electron chi connectivity index (χ3n) is 3.63. The molecule has 5 heteroatoms. The summed E-state index contributed by atoms with van der Waals surface area (Å²) >= 11 is 2.00. The van der Waals surface area contributed by atoms with Crippen molar-refractivity contribution in [3.05, 3.63) is 23.8 Å². The van der Waals surface area contributed by atoms with Crippen molar-refractivity contribution in [3.63, 3.8) is 0 Å². The molecule has 1 atom stereocenters. The van der Waals surface area contributed by atoms with Crippen molar-refractivity contribution in [3.8, 4) is 0 Å². The highest BCUT2D eigenvalue weighted by Gasteiger charge is 2.29. The van der Waals surface area contributed by atoms with Crippen LogP contribution in [-0.4, -0.2) is 41.9 Å². The van der Waals surface area contributed by atoms with E-state index in [1.807, 2.05) is 17.8 Å². The van der Waals surface area contributed by atoms with E-state index in [4.69, 9.17) is 5.73 Å². The zero-order chi connectivity index (χ0) is 14.8. The molecular weight excluding hydrogens is 270 g/mol. The molecule has 1 unspecified atom stereocenters. The van der Waals surface area contributed by atoms with E-state index >= 15 is 0 Å². The van der Waals surface area contributed by atoms with Gasteiger partial charge in [0.15, 0.2) is 0 Å². The summed E-state index contributed by atoms with van der Waals surface area (Å²) in [5.74, 6) is 1.22. The Morgan fingerprint density at radius 3 is 2.85 bits per heavy atom. The molecule has 1 saturated heterocycles. The van der Waals surface area contributed by atoms with Crippen LogP contribution in [0.15, 0.2) is 18.2 Å². The van der Waals surface area contributed by atoms with E-state index in [1.54, 1.807) is 31.1 Å². The number of thioether (sulfide) groups is 1. The number of rotatable bonds is 4. The van der Waals surface area contributed by atoms with Crippen LogP contribution in [0.4, 0.5) is 11.4 Å². The van der Waals surface area contributed by atoms with Crippen LogP contribution in [0, 0.1) is 0 Å². The summed E-state index contributed by atoms with van der Waals surface area (Å²) in [6.07, 6.45) is 2.48. The molecule has 0 radical (unpaired) electrons. The van der Waals surface area contributed by atoms with Crippen molar-refractivity contribution in [2.24, 2.45) is 0 Å². The lowest BCUT2D eigenvalue weighted by atomic mass is 10.0. The second kappa shape index (κ2) is 5.95. The van der Waals surface area contributed by atoms with E-state index in [9.17, 15) is 4.79 Å². The Kier molecular flexibility index (Phi) is 4.48. The lowest BCUT2D eigenvalue weighted by molar-refractivity contribution is 0.0828. The standard InChI is InChI=1S/C15H23N3OS/c1-15(7-4-8-20-15)10-17-13-9-11(16)5-6-12(13)14(19)18(2)3/h5-6,9,17H,4,7-8,10,16H2,1-3H3. The van der Waals surface area contributed by atoms with Crippen molar-refractivity contribution >= 4 is 29.0 Å². The van der Waals surface area contributed by atoms with E-state index in [0.717, 1.165) is 12.2 Å². The quantitative estimate of drug-likeness (QED) is 0.838. The average molecular weight is 293 g/mol. The van der Waals surface area contributed by atoms with Crippen LogP contribution in [0.5, 0.6) is 0 Å². The molecule has 1 fully saturated rings. The number of carbonyl (C=O) groups is 1. The number of benzene rings is 1. The summed E-state index contributed by atoms with van der Waals surface area (Å²) in [5, 5.41) is 3.42. The highest BCUT2D eigenvalue weighted by atomic mass is 32.2. The Balaban J connectivity index is 2.17. The van der Waals surface area contributed by atoms with E-state index in [-0.39, 0.29) is 10.7 Å². The highest BCUT2D eigenvalue weighted by Crippen LogP contribution is 2.38.